The minimum absolute atomic E-state index is 0.798. The van der Waals surface area contributed by atoms with Gasteiger partial charge in [0.25, 0.3) is 0 Å². The van der Waals surface area contributed by atoms with E-state index >= 15 is 0 Å². The highest BCUT2D eigenvalue weighted by molar-refractivity contribution is 9.10. The number of hydrogen-bond acceptors (Lipinski definition) is 4. The fourth-order valence-corrected chi connectivity index (χ4v) is 3.40. The number of aromatic nitrogens is 3. The molecule has 2 aromatic carbocycles. The third kappa shape index (κ3) is 3.34. The van der Waals surface area contributed by atoms with Crippen LogP contribution >= 0.6 is 27.7 Å². The summed E-state index contributed by atoms with van der Waals surface area (Å²) in [5.74, 6) is 1.62. The van der Waals surface area contributed by atoms with E-state index in [1.165, 1.54) is 5.56 Å². The van der Waals surface area contributed by atoms with Gasteiger partial charge in [0.15, 0.2) is 5.16 Å². The van der Waals surface area contributed by atoms with Crippen molar-refractivity contribution in [3.63, 3.8) is 0 Å². The molecule has 0 spiro atoms. The second-order valence-corrected chi connectivity index (χ2v) is 6.43. The molecular weight excluding hydrogens is 362 g/mol. The van der Waals surface area contributed by atoms with Crippen LogP contribution in [0.25, 0.3) is 5.69 Å². The van der Waals surface area contributed by atoms with Gasteiger partial charge in [-0.2, -0.15) is 0 Å². The molecule has 0 aliphatic carbocycles. The van der Waals surface area contributed by atoms with E-state index in [1.54, 1.807) is 25.2 Å². The van der Waals surface area contributed by atoms with Gasteiger partial charge in [0, 0.05) is 10.2 Å². The lowest BCUT2D eigenvalue weighted by atomic mass is 10.2. The van der Waals surface area contributed by atoms with E-state index in [1.807, 2.05) is 41.0 Å². The third-order valence-corrected chi connectivity index (χ3v) is 4.63. The number of rotatable bonds is 5. The highest BCUT2D eigenvalue weighted by Gasteiger charge is 2.11. The van der Waals surface area contributed by atoms with Crippen LogP contribution < -0.4 is 4.74 Å². The Bertz CT molecular complexity index is 775. The molecule has 0 saturated heterocycles. The lowest BCUT2D eigenvalue weighted by Gasteiger charge is -2.10. The summed E-state index contributed by atoms with van der Waals surface area (Å²) in [6.07, 6.45) is 1.71. The summed E-state index contributed by atoms with van der Waals surface area (Å²) in [4.78, 5) is 0. The second-order valence-electron chi connectivity index (χ2n) is 4.57. The Morgan fingerprint density at radius 1 is 1.18 bits per heavy atom. The highest BCUT2D eigenvalue weighted by atomic mass is 79.9. The van der Waals surface area contributed by atoms with Crippen LogP contribution in [-0.4, -0.2) is 21.9 Å². The van der Waals surface area contributed by atoms with Crippen LogP contribution in [0, 0.1) is 0 Å². The van der Waals surface area contributed by atoms with Gasteiger partial charge in [0.2, 0.25) is 0 Å². The van der Waals surface area contributed by atoms with Crippen LogP contribution in [-0.2, 0) is 5.75 Å². The quantitative estimate of drug-likeness (QED) is 0.622. The van der Waals surface area contributed by atoms with E-state index < -0.39 is 0 Å². The van der Waals surface area contributed by atoms with Crippen molar-refractivity contribution in [3.8, 4) is 11.4 Å². The molecule has 0 aliphatic rings. The Hall–Kier alpha value is -1.79. The molecule has 0 bridgehead atoms. The van der Waals surface area contributed by atoms with Crippen LogP contribution in [0.15, 0.2) is 64.5 Å². The first kappa shape index (κ1) is 15.1. The van der Waals surface area contributed by atoms with Crippen LogP contribution in [0.2, 0.25) is 0 Å². The lowest BCUT2D eigenvalue weighted by Crippen LogP contribution is -1.98. The Balaban J connectivity index is 1.83. The maximum atomic E-state index is 5.41. The molecule has 112 valence electrons. The number of benzene rings is 2. The fraction of sp³-hybridized carbons (Fsp3) is 0.125. The maximum Gasteiger partial charge on any atom is 0.196 e. The van der Waals surface area contributed by atoms with Gasteiger partial charge >= 0.3 is 0 Å². The number of ether oxygens (including phenoxy) is 1. The highest BCUT2D eigenvalue weighted by Crippen LogP contribution is 2.28. The molecule has 1 heterocycles. The molecule has 0 amide bonds. The van der Waals surface area contributed by atoms with Gasteiger partial charge in [-0.05, 0) is 29.8 Å². The largest absolute Gasteiger partial charge is 0.495 e. The Kier molecular flexibility index (Phi) is 4.80. The van der Waals surface area contributed by atoms with E-state index in [2.05, 4.69) is 38.3 Å². The minimum Gasteiger partial charge on any atom is -0.495 e. The van der Waals surface area contributed by atoms with Gasteiger partial charge in [-0.15, -0.1) is 10.2 Å². The minimum atomic E-state index is 0.798. The number of nitrogens with zero attached hydrogens (tertiary/aromatic N) is 3. The molecular formula is C16H14BrN3OS. The summed E-state index contributed by atoms with van der Waals surface area (Å²) in [5.41, 5.74) is 2.17. The molecule has 4 nitrogen and oxygen atoms in total. The zero-order chi connectivity index (χ0) is 15.4. The molecule has 0 unspecified atom stereocenters. The number of halogens is 1. The standard InChI is InChI=1S/C16H14BrN3OS/c1-21-15-8-3-2-7-14(15)20-11-18-19-16(20)22-10-12-5-4-6-13(17)9-12/h2-9,11H,10H2,1H3. The lowest BCUT2D eigenvalue weighted by molar-refractivity contribution is 0.412. The molecule has 0 aliphatic heterocycles. The zero-order valence-electron chi connectivity index (χ0n) is 11.9. The first-order valence-electron chi connectivity index (χ1n) is 6.68. The normalized spacial score (nSPS) is 10.6. The van der Waals surface area contributed by atoms with Crippen LogP contribution in [0.4, 0.5) is 0 Å². The van der Waals surface area contributed by atoms with E-state index in [0.29, 0.717) is 0 Å². The number of hydrogen-bond donors (Lipinski definition) is 0. The van der Waals surface area contributed by atoms with Gasteiger partial charge in [-0.25, -0.2) is 0 Å². The molecule has 3 aromatic rings. The number of thioether (sulfide) groups is 1. The van der Waals surface area contributed by atoms with Crippen molar-refractivity contribution >= 4 is 27.7 Å². The van der Waals surface area contributed by atoms with Crippen molar-refractivity contribution in [2.24, 2.45) is 0 Å². The number of methoxy groups -OCH3 is 1. The third-order valence-electron chi connectivity index (χ3n) is 3.12. The average molecular weight is 376 g/mol. The van der Waals surface area contributed by atoms with Gasteiger partial charge in [0.05, 0.1) is 12.8 Å². The van der Waals surface area contributed by atoms with Gasteiger partial charge in [0.1, 0.15) is 12.1 Å². The SMILES string of the molecule is COc1ccccc1-n1cnnc1SCc1cccc(Br)c1. The summed E-state index contributed by atoms with van der Waals surface area (Å²) in [5, 5.41) is 9.08. The monoisotopic (exact) mass is 375 g/mol. The summed E-state index contributed by atoms with van der Waals surface area (Å²) >= 11 is 5.13. The van der Waals surface area contributed by atoms with E-state index in [9.17, 15) is 0 Å². The predicted molar refractivity (Wildman–Crippen MR) is 91.6 cm³/mol. The Labute approximate surface area is 141 Å². The van der Waals surface area contributed by atoms with Crippen molar-refractivity contribution in [2.75, 3.05) is 7.11 Å². The Morgan fingerprint density at radius 2 is 2.05 bits per heavy atom. The molecule has 0 N–H and O–H groups in total. The zero-order valence-corrected chi connectivity index (χ0v) is 14.3. The maximum absolute atomic E-state index is 5.41. The second kappa shape index (κ2) is 6.98. The van der Waals surface area contributed by atoms with Gasteiger partial charge in [-0.1, -0.05) is 52.0 Å². The molecule has 0 saturated carbocycles. The molecule has 6 heteroatoms. The molecule has 1 aromatic heterocycles. The molecule has 0 fully saturated rings. The predicted octanol–water partition coefficient (Wildman–Crippen LogP) is 4.33. The molecule has 0 radical (unpaired) electrons. The van der Waals surface area contributed by atoms with Crippen LogP contribution in [0.3, 0.4) is 0 Å². The first-order chi connectivity index (χ1) is 10.8. The van der Waals surface area contributed by atoms with Crippen molar-refractivity contribution in [1.82, 2.24) is 14.8 Å². The Morgan fingerprint density at radius 3 is 2.86 bits per heavy atom. The summed E-state index contributed by atoms with van der Waals surface area (Å²) in [7, 11) is 1.66. The molecule has 22 heavy (non-hydrogen) atoms. The molecule has 0 atom stereocenters. The van der Waals surface area contributed by atoms with Gasteiger partial charge < -0.3 is 4.74 Å². The van der Waals surface area contributed by atoms with Crippen molar-refractivity contribution in [2.45, 2.75) is 10.9 Å². The first-order valence-corrected chi connectivity index (χ1v) is 8.46. The average Bonchev–Trinajstić information content (AvgIpc) is 3.01. The van der Waals surface area contributed by atoms with Crippen LogP contribution in [0.1, 0.15) is 5.56 Å². The number of para-hydroxylation sites is 2. The topological polar surface area (TPSA) is 39.9 Å². The van der Waals surface area contributed by atoms with E-state index in [-0.39, 0.29) is 0 Å². The van der Waals surface area contributed by atoms with Gasteiger partial charge in [-0.3, -0.25) is 4.57 Å². The molecule has 3 rings (SSSR count). The van der Waals surface area contributed by atoms with E-state index in [4.69, 9.17) is 4.74 Å². The van der Waals surface area contributed by atoms with Crippen molar-refractivity contribution < 1.29 is 4.74 Å². The van der Waals surface area contributed by atoms with Crippen molar-refractivity contribution in [1.29, 1.82) is 0 Å². The van der Waals surface area contributed by atoms with Crippen molar-refractivity contribution in [3.05, 3.63) is 64.9 Å². The summed E-state index contributed by atoms with van der Waals surface area (Å²) in [6, 6.07) is 16.1. The summed E-state index contributed by atoms with van der Waals surface area (Å²) in [6.45, 7) is 0. The fourth-order valence-electron chi connectivity index (χ4n) is 2.09. The smallest absolute Gasteiger partial charge is 0.196 e. The summed E-state index contributed by atoms with van der Waals surface area (Å²) < 4.78 is 8.44. The van der Waals surface area contributed by atoms with E-state index in [0.717, 1.165) is 26.8 Å². The van der Waals surface area contributed by atoms with Crippen LogP contribution in [0.5, 0.6) is 5.75 Å².